The molecule has 54 valence electrons. The van der Waals surface area contributed by atoms with Crippen LogP contribution in [0.4, 0.5) is 0 Å². The van der Waals surface area contributed by atoms with Crippen molar-refractivity contribution < 1.29 is 5.48 Å². The molecule has 0 radical (unpaired) electrons. The average Bonchev–Trinajstić information content (AvgIpc) is 1.81. The zero-order chi connectivity index (χ0) is 6.24. The monoisotopic (exact) mass is 128 g/mol. The lowest BCUT2D eigenvalue weighted by molar-refractivity contribution is 0.815. The zero-order valence-electron chi connectivity index (χ0n) is 6.06. The lowest BCUT2D eigenvalue weighted by atomic mass is 10.2. The van der Waals surface area contributed by atoms with Gasteiger partial charge in [0, 0.05) is 0 Å². The van der Waals surface area contributed by atoms with Crippen molar-refractivity contribution in [3.05, 3.63) is 24.8 Å². The molecule has 0 aliphatic heterocycles. The van der Waals surface area contributed by atoms with Crippen LogP contribution in [0.1, 0.15) is 26.2 Å². The Morgan fingerprint density at radius 1 is 1.44 bits per heavy atom. The van der Waals surface area contributed by atoms with Crippen LogP contribution in [-0.2, 0) is 0 Å². The molecule has 0 saturated heterocycles. The predicted molar refractivity (Wildman–Crippen MR) is 42.5 cm³/mol. The fraction of sp³-hybridized carbons (Fsp3) is 0.500. The summed E-state index contributed by atoms with van der Waals surface area (Å²) in [5.74, 6) is 0. The van der Waals surface area contributed by atoms with E-state index in [9.17, 15) is 0 Å². The summed E-state index contributed by atoms with van der Waals surface area (Å²) in [6, 6.07) is 0. The van der Waals surface area contributed by atoms with Crippen molar-refractivity contribution in [2.75, 3.05) is 0 Å². The van der Waals surface area contributed by atoms with Gasteiger partial charge in [-0.1, -0.05) is 44.6 Å². The van der Waals surface area contributed by atoms with Gasteiger partial charge in [-0.25, -0.2) is 0 Å². The summed E-state index contributed by atoms with van der Waals surface area (Å²) >= 11 is 0. The highest BCUT2D eigenvalue weighted by atomic mass is 16.0. The summed E-state index contributed by atoms with van der Waals surface area (Å²) in [6.45, 7) is 5.77. The Labute approximate surface area is 57.4 Å². The van der Waals surface area contributed by atoms with E-state index in [2.05, 4.69) is 19.6 Å². The van der Waals surface area contributed by atoms with Gasteiger partial charge in [-0.2, -0.15) is 0 Å². The van der Waals surface area contributed by atoms with Gasteiger partial charge in [0.2, 0.25) is 0 Å². The van der Waals surface area contributed by atoms with Gasteiger partial charge in [-0.3, -0.25) is 0 Å². The second kappa shape index (κ2) is 10.4. The number of allylic oxidation sites excluding steroid dienone is 3. The first kappa shape index (κ1) is 11.3. The third-order valence-electron chi connectivity index (χ3n) is 0.997. The van der Waals surface area contributed by atoms with E-state index in [4.69, 9.17) is 0 Å². The molecule has 0 heterocycles. The van der Waals surface area contributed by atoms with Crippen LogP contribution in [0, 0.1) is 0 Å². The van der Waals surface area contributed by atoms with Gasteiger partial charge in [-0.05, 0) is 6.42 Å². The highest BCUT2D eigenvalue weighted by Gasteiger charge is 1.73. The first-order valence-electron chi connectivity index (χ1n) is 3.19. The van der Waals surface area contributed by atoms with Crippen LogP contribution in [-0.4, -0.2) is 5.48 Å². The first-order chi connectivity index (χ1) is 3.91. The summed E-state index contributed by atoms with van der Waals surface area (Å²) in [6.07, 6.45) is 9.73. The Bertz CT molecular complexity index is 74.6. The van der Waals surface area contributed by atoms with Crippen molar-refractivity contribution >= 4 is 0 Å². The van der Waals surface area contributed by atoms with Crippen LogP contribution < -0.4 is 0 Å². The summed E-state index contributed by atoms with van der Waals surface area (Å²) in [5, 5.41) is 0. The van der Waals surface area contributed by atoms with Crippen LogP contribution in [0.5, 0.6) is 0 Å². The predicted octanol–water partition coefficient (Wildman–Crippen LogP) is 2.09. The quantitative estimate of drug-likeness (QED) is 0.410. The van der Waals surface area contributed by atoms with Crippen molar-refractivity contribution in [2.45, 2.75) is 26.2 Å². The molecule has 0 bridgehead atoms. The molecule has 0 amide bonds. The lowest BCUT2D eigenvalue weighted by Gasteiger charge is -1.84. The van der Waals surface area contributed by atoms with Gasteiger partial charge < -0.3 is 5.48 Å². The normalized spacial score (nSPS) is 9.00. The smallest absolute Gasteiger partial charge is 0.0348 e. The van der Waals surface area contributed by atoms with Crippen molar-refractivity contribution in [3.63, 3.8) is 0 Å². The van der Waals surface area contributed by atoms with E-state index < -0.39 is 0 Å². The highest BCUT2D eigenvalue weighted by Crippen LogP contribution is 1.93. The topological polar surface area (TPSA) is 31.5 Å². The lowest BCUT2D eigenvalue weighted by Crippen LogP contribution is -1.64. The minimum Gasteiger partial charge on any atom is -0.412 e. The average molecular weight is 128 g/mol. The van der Waals surface area contributed by atoms with Crippen LogP contribution in [0.15, 0.2) is 24.8 Å². The van der Waals surface area contributed by atoms with Gasteiger partial charge in [0.1, 0.15) is 0 Å². The molecule has 0 fully saturated rings. The fourth-order valence-electron chi connectivity index (χ4n) is 0.514. The molecule has 0 aliphatic rings. The maximum absolute atomic E-state index is 3.57. The molecule has 0 spiro atoms. The third-order valence-corrected chi connectivity index (χ3v) is 0.997. The van der Waals surface area contributed by atoms with E-state index in [0.717, 1.165) is 0 Å². The Balaban J connectivity index is 0. The van der Waals surface area contributed by atoms with Gasteiger partial charge in [0.15, 0.2) is 0 Å². The second-order valence-corrected chi connectivity index (χ2v) is 1.81. The molecular weight excluding hydrogens is 112 g/mol. The van der Waals surface area contributed by atoms with Crippen molar-refractivity contribution in [3.8, 4) is 0 Å². The molecule has 9 heavy (non-hydrogen) atoms. The largest absolute Gasteiger partial charge is 0.412 e. The number of hydrogen-bond donors (Lipinski definition) is 0. The molecule has 0 aromatic heterocycles. The highest BCUT2D eigenvalue weighted by molar-refractivity contribution is 4.96. The Morgan fingerprint density at radius 2 is 2.11 bits per heavy atom. The van der Waals surface area contributed by atoms with Crippen LogP contribution >= 0.6 is 0 Å². The SMILES string of the molecule is C=C/C=C/CCCC.O. The van der Waals surface area contributed by atoms with Crippen LogP contribution in [0.3, 0.4) is 0 Å². The molecular formula is C8H16O. The summed E-state index contributed by atoms with van der Waals surface area (Å²) < 4.78 is 0. The molecule has 0 aromatic rings. The third kappa shape index (κ3) is 11.2. The second-order valence-electron chi connectivity index (χ2n) is 1.81. The van der Waals surface area contributed by atoms with Gasteiger partial charge in [0.25, 0.3) is 0 Å². The molecule has 0 saturated carbocycles. The Hall–Kier alpha value is -0.560. The molecule has 0 atom stereocenters. The van der Waals surface area contributed by atoms with E-state index in [-0.39, 0.29) is 5.48 Å². The van der Waals surface area contributed by atoms with Crippen LogP contribution in [0.25, 0.3) is 0 Å². The van der Waals surface area contributed by atoms with Crippen LogP contribution in [0.2, 0.25) is 0 Å². The number of unbranched alkanes of at least 4 members (excludes halogenated alkanes) is 2. The van der Waals surface area contributed by atoms with Crippen molar-refractivity contribution in [1.82, 2.24) is 0 Å². The first-order valence-corrected chi connectivity index (χ1v) is 3.19. The maximum atomic E-state index is 3.57. The van der Waals surface area contributed by atoms with E-state index in [1.807, 2.05) is 12.2 Å². The zero-order valence-corrected chi connectivity index (χ0v) is 6.06. The molecule has 0 rings (SSSR count). The number of hydrogen-bond acceptors (Lipinski definition) is 0. The van der Waals surface area contributed by atoms with E-state index in [1.165, 1.54) is 19.3 Å². The molecule has 2 N–H and O–H groups in total. The fourth-order valence-corrected chi connectivity index (χ4v) is 0.514. The minimum atomic E-state index is 0. The summed E-state index contributed by atoms with van der Waals surface area (Å²) in [5.41, 5.74) is 0. The van der Waals surface area contributed by atoms with Gasteiger partial charge in [-0.15, -0.1) is 0 Å². The van der Waals surface area contributed by atoms with Gasteiger partial charge >= 0.3 is 0 Å². The molecule has 1 nitrogen and oxygen atoms in total. The van der Waals surface area contributed by atoms with E-state index in [0.29, 0.717) is 0 Å². The standard InChI is InChI=1S/C8H14.H2O/c1-3-5-7-8-6-4-2;/h3,5,7H,1,4,6,8H2,2H3;1H2/b7-5+;. The summed E-state index contributed by atoms with van der Waals surface area (Å²) in [7, 11) is 0. The molecule has 0 unspecified atom stereocenters. The Morgan fingerprint density at radius 3 is 2.56 bits per heavy atom. The maximum Gasteiger partial charge on any atom is -0.0348 e. The summed E-state index contributed by atoms with van der Waals surface area (Å²) in [4.78, 5) is 0. The van der Waals surface area contributed by atoms with Gasteiger partial charge in [0.05, 0.1) is 0 Å². The molecule has 1 heteroatoms. The molecule has 0 aliphatic carbocycles. The van der Waals surface area contributed by atoms with E-state index >= 15 is 0 Å². The number of rotatable bonds is 4. The van der Waals surface area contributed by atoms with Crippen molar-refractivity contribution in [1.29, 1.82) is 0 Å². The Kier molecular flexibility index (Phi) is 13.1. The molecule has 0 aromatic carbocycles. The van der Waals surface area contributed by atoms with E-state index in [1.54, 1.807) is 0 Å². The van der Waals surface area contributed by atoms with Crippen molar-refractivity contribution in [2.24, 2.45) is 0 Å². The minimum absolute atomic E-state index is 0.